The molecule has 0 bridgehead atoms. The second-order valence-electron chi connectivity index (χ2n) is 15.3. The number of ether oxygens (including phenoxy) is 2. The zero-order valence-electron chi connectivity index (χ0n) is 37.9. The molecular weight excluding hydrogens is 794 g/mol. The molecule has 0 aromatic carbocycles. The maximum absolute atomic E-state index is 12.6. The van der Waals surface area contributed by atoms with Gasteiger partial charge < -0.3 is 29.6 Å². The zero-order chi connectivity index (χ0) is 44.8. The minimum Gasteiger partial charge on any atom is -0.466 e. The van der Waals surface area contributed by atoms with Crippen molar-refractivity contribution in [3.63, 3.8) is 0 Å². The fraction of sp³-hybridized carbons (Fsp3) is 0.633. The average molecular weight is 874 g/mol. The van der Waals surface area contributed by atoms with Crippen molar-refractivity contribution < 1.29 is 47.1 Å². The van der Waals surface area contributed by atoms with E-state index < -0.39 is 38.6 Å². The predicted molar refractivity (Wildman–Crippen MR) is 247 cm³/mol. The number of phosphoric ester groups is 1. The number of hydrogen-bond acceptors (Lipinski definition) is 10. The molecule has 0 saturated heterocycles. The van der Waals surface area contributed by atoms with E-state index in [-0.39, 0.29) is 32.6 Å². The number of unbranched alkanes of at least 4 members (excludes halogenated alkanes) is 9. The molecule has 1 aromatic heterocycles. The Balaban J connectivity index is 2.31. The summed E-state index contributed by atoms with van der Waals surface area (Å²) < 4.78 is 39.0. The number of carbonyl (C=O) groups excluding carboxylic acids is 2. The van der Waals surface area contributed by atoms with Gasteiger partial charge in [-0.15, -0.1) is 0 Å². The van der Waals surface area contributed by atoms with Gasteiger partial charge in [0.15, 0.2) is 6.10 Å². The lowest BCUT2D eigenvalue weighted by molar-refractivity contribution is -0.161. The van der Waals surface area contributed by atoms with Gasteiger partial charge in [0.1, 0.15) is 18.1 Å². The molecule has 0 saturated carbocycles. The number of allylic oxidation sites excluding steroid dienone is 10. The van der Waals surface area contributed by atoms with E-state index in [1.54, 1.807) is 6.08 Å². The SMILES string of the molecule is CC/C=C\CC(O)/C=C/C=C/C/C=C\C/C=C\C/C=C\CCC(=O)O[C@H](COC(=O)CCCCCCCCCCc1oc(CCCCC)c(C)c1C)COP(=O)(O)OCCN. The summed E-state index contributed by atoms with van der Waals surface area (Å²) in [5, 5.41) is 9.85. The maximum Gasteiger partial charge on any atom is 0.472 e. The number of phosphoric acid groups is 1. The molecule has 3 atom stereocenters. The largest absolute Gasteiger partial charge is 0.472 e. The Labute approximate surface area is 368 Å². The minimum atomic E-state index is -4.43. The van der Waals surface area contributed by atoms with Crippen molar-refractivity contribution >= 4 is 19.8 Å². The Morgan fingerprint density at radius 1 is 0.705 bits per heavy atom. The Morgan fingerprint density at radius 3 is 1.92 bits per heavy atom. The predicted octanol–water partition coefficient (Wildman–Crippen LogP) is 11.7. The highest BCUT2D eigenvalue weighted by atomic mass is 31.2. The van der Waals surface area contributed by atoms with E-state index in [0.717, 1.165) is 76.4 Å². The smallest absolute Gasteiger partial charge is 0.466 e. The number of aliphatic hydroxyl groups excluding tert-OH is 1. The second kappa shape index (κ2) is 37.3. The summed E-state index contributed by atoms with van der Waals surface area (Å²) in [7, 11) is -4.43. The molecule has 1 heterocycles. The topological polar surface area (TPSA) is 168 Å². The molecule has 0 spiro atoms. The highest BCUT2D eigenvalue weighted by Crippen LogP contribution is 2.43. The molecule has 0 fully saturated rings. The van der Waals surface area contributed by atoms with Gasteiger partial charge >= 0.3 is 19.8 Å². The second-order valence-corrected chi connectivity index (χ2v) is 16.8. The van der Waals surface area contributed by atoms with Crippen LogP contribution in [-0.4, -0.2) is 60.5 Å². The third kappa shape index (κ3) is 31.2. The van der Waals surface area contributed by atoms with Crippen molar-refractivity contribution in [2.75, 3.05) is 26.4 Å². The molecule has 1 rings (SSSR count). The number of esters is 2. The summed E-state index contributed by atoms with van der Waals surface area (Å²) in [6, 6.07) is 0. The van der Waals surface area contributed by atoms with E-state index in [2.05, 4.69) is 45.9 Å². The van der Waals surface area contributed by atoms with Gasteiger partial charge in [0.25, 0.3) is 0 Å². The summed E-state index contributed by atoms with van der Waals surface area (Å²) in [6.45, 7) is 7.70. The molecule has 0 aliphatic heterocycles. The summed E-state index contributed by atoms with van der Waals surface area (Å²) in [5.74, 6) is 1.34. The Bertz CT molecular complexity index is 1520. The van der Waals surface area contributed by atoms with E-state index >= 15 is 0 Å². The van der Waals surface area contributed by atoms with Crippen LogP contribution in [0.1, 0.15) is 158 Å². The number of hydrogen-bond donors (Lipinski definition) is 3. The number of rotatable bonds is 38. The summed E-state index contributed by atoms with van der Waals surface area (Å²) in [6.07, 6.45) is 41.0. The molecule has 4 N–H and O–H groups in total. The van der Waals surface area contributed by atoms with Gasteiger partial charge in [0.2, 0.25) is 0 Å². The molecule has 11 nitrogen and oxygen atoms in total. The van der Waals surface area contributed by atoms with Crippen LogP contribution < -0.4 is 5.73 Å². The zero-order valence-corrected chi connectivity index (χ0v) is 38.8. The highest BCUT2D eigenvalue weighted by Gasteiger charge is 2.26. The fourth-order valence-corrected chi connectivity index (χ4v) is 6.98. The van der Waals surface area contributed by atoms with Gasteiger partial charge in [-0.3, -0.25) is 18.6 Å². The van der Waals surface area contributed by atoms with Gasteiger partial charge in [-0.2, -0.15) is 0 Å². The first-order chi connectivity index (χ1) is 29.5. The minimum absolute atomic E-state index is 0.0257. The van der Waals surface area contributed by atoms with Crippen molar-refractivity contribution in [2.24, 2.45) is 5.73 Å². The van der Waals surface area contributed by atoms with Gasteiger partial charge in [-0.25, -0.2) is 4.57 Å². The fourth-order valence-electron chi connectivity index (χ4n) is 6.22. The Morgan fingerprint density at radius 2 is 1.30 bits per heavy atom. The van der Waals surface area contributed by atoms with Crippen molar-refractivity contribution in [1.82, 2.24) is 0 Å². The molecule has 0 aliphatic carbocycles. The van der Waals surface area contributed by atoms with Crippen LogP contribution in [0.5, 0.6) is 0 Å². The third-order valence-electron chi connectivity index (χ3n) is 9.90. The van der Waals surface area contributed by atoms with Crippen LogP contribution >= 0.6 is 7.82 Å². The van der Waals surface area contributed by atoms with Crippen LogP contribution in [0.4, 0.5) is 0 Å². The van der Waals surface area contributed by atoms with Gasteiger partial charge in [-0.1, -0.05) is 138 Å². The van der Waals surface area contributed by atoms with Crippen LogP contribution in [0.2, 0.25) is 0 Å². The monoisotopic (exact) mass is 874 g/mol. The van der Waals surface area contributed by atoms with Crippen molar-refractivity contribution in [1.29, 1.82) is 0 Å². The van der Waals surface area contributed by atoms with Gasteiger partial charge in [0, 0.05) is 32.2 Å². The lowest BCUT2D eigenvalue weighted by Crippen LogP contribution is -2.29. The van der Waals surface area contributed by atoms with Crippen LogP contribution in [-0.2, 0) is 45.5 Å². The van der Waals surface area contributed by atoms with Crippen LogP contribution in [0.15, 0.2) is 77.3 Å². The molecule has 2 unspecified atom stereocenters. The number of nitrogens with two attached hydrogens (primary N) is 1. The normalized spacial score (nSPS) is 14.4. The van der Waals surface area contributed by atoms with Crippen molar-refractivity contribution in [3.8, 4) is 0 Å². The Hall–Kier alpha value is -3.31. The third-order valence-corrected chi connectivity index (χ3v) is 10.9. The van der Waals surface area contributed by atoms with E-state index in [9.17, 15) is 24.2 Å². The summed E-state index contributed by atoms with van der Waals surface area (Å²) in [4.78, 5) is 35.0. The first-order valence-corrected chi connectivity index (χ1v) is 24.4. The van der Waals surface area contributed by atoms with Crippen LogP contribution in [0, 0.1) is 13.8 Å². The van der Waals surface area contributed by atoms with Gasteiger partial charge in [-0.05, 0) is 82.8 Å². The molecule has 346 valence electrons. The number of carbonyl (C=O) groups is 2. The van der Waals surface area contributed by atoms with Crippen molar-refractivity contribution in [3.05, 3.63) is 95.6 Å². The Kier molecular flexibility index (Phi) is 34.0. The lowest BCUT2D eigenvalue weighted by Gasteiger charge is -2.19. The molecule has 0 amide bonds. The van der Waals surface area contributed by atoms with Crippen LogP contribution in [0.25, 0.3) is 0 Å². The number of furan rings is 1. The van der Waals surface area contributed by atoms with Crippen LogP contribution in [0.3, 0.4) is 0 Å². The summed E-state index contributed by atoms with van der Waals surface area (Å²) >= 11 is 0. The van der Waals surface area contributed by atoms with Crippen molar-refractivity contribution in [2.45, 2.75) is 175 Å². The molecular formula is C49H80NO10P. The maximum atomic E-state index is 12.6. The molecule has 1 aromatic rings. The average Bonchev–Trinajstić information content (AvgIpc) is 3.51. The molecule has 12 heteroatoms. The quantitative estimate of drug-likeness (QED) is 0.0190. The number of aliphatic hydroxyl groups is 1. The lowest BCUT2D eigenvalue weighted by atomic mass is 10.0. The summed E-state index contributed by atoms with van der Waals surface area (Å²) in [5.41, 5.74) is 7.99. The molecule has 61 heavy (non-hydrogen) atoms. The van der Waals surface area contributed by atoms with E-state index in [1.165, 1.54) is 49.0 Å². The van der Waals surface area contributed by atoms with Gasteiger partial charge in [0.05, 0.1) is 19.3 Å². The molecule has 0 aliphatic rings. The highest BCUT2D eigenvalue weighted by molar-refractivity contribution is 7.47. The first kappa shape index (κ1) is 55.7. The molecule has 0 radical (unpaired) electrons. The van der Waals surface area contributed by atoms with E-state index in [4.69, 9.17) is 28.7 Å². The van der Waals surface area contributed by atoms with E-state index in [0.29, 0.717) is 19.3 Å². The van der Waals surface area contributed by atoms with E-state index in [1.807, 2.05) is 48.6 Å². The standard InChI is InChI=1S/C49H80NO10P/c1-5-7-26-32-44(51)33-28-22-18-14-12-10-9-11-13-15-21-25-31-37-49(53)59-45(41-58-61(54,55)57-39-38-50)40-56-48(52)36-30-24-20-17-16-19-23-29-35-47-43(4)42(3)46(60-47)34-27-8-6-2/h7,10-13,18,21-22,25-26,28,33,44-45,51H,5-6,8-9,14-17,19-20,23-24,27,29-32,34-41,50H2,1-4H3,(H,54,55)/b12-10-,13-11-,22-18+,25-21-,26-7-,33-28+/t44?,45-/m1/s1. The first-order valence-electron chi connectivity index (χ1n) is 22.9. The number of aryl methyl sites for hydroxylation is 2.